The summed E-state index contributed by atoms with van der Waals surface area (Å²) in [6.07, 6.45) is 3.50. The van der Waals surface area contributed by atoms with Crippen LogP contribution < -0.4 is 0 Å². The molecular weight excluding hydrogens is 190 g/mol. The van der Waals surface area contributed by atoms with E-state index in [1.54, 1.807) is 11.0 Å². The third-order valence-electron chi connectivity index (χ3n) is 2.10. The first-order chi connectivity index (χ1) is 6.83. The van der Waals surface area contributed by atoms with Crippen LogP contribution in [0, 0.1) is 0 Å². The van der Waals surface area contributed by atoms with Crippen LogP contribution in [0.1, 0.15) is 27.7 Å². The lowest BCUT2D eigenvalue weighted by atomic mass is 10.2. The fourth-order valence-corrected chi connectivity index (χ4v) is 1.51. The highest BCUT2D eigenvalue weighted by molar-refractivity contribution is 5.70. The summed E-state index contributed by atoms with van der Waals surface area (Å²) in [6, 6.07) is -0.0279. The minimum atomic E-state index is -0.445. The lowest BCUT2D eigenvalue weighted by Crippen LogP contribution is -2.39. The number of hydrogen-bond donors (Lipinski definition) is 0. The lowest BCUT2D eigenvalue weighted by molar-refractivity contribution is 0.0266. The molecule has 1 unspecified atom stereocenters. The molecule has 0 N–H and O–H groups in total. The Hall–Kier alpha value is -1.25. The van der Waals surface area contributed by atoms with Crippen molar-refractivity contribution in [3.63, 3.8) is 0 Å². The van der Waals surface area contributed by atoms with Crippen molar-refractivity contribution in [1.82, 2.24) is 4.90 Å². The number of amides is 1. The van der Waals surface area contributed by atoms with Gasteiger partial charge in [0.1, 0.15) is 5.60 Å². The molecular formula is C12H19NO2. The van der Waals surface area contributed by atoms with Gasteiger partial charge in [0.05, 0.1) is 6.04 Å². The van der Waals surface area contributed by atoms with Crippen LogP contribution in [0.5, 0.6) is 0 Å². The highest BCUT2D eigenvalue weighted by atomic mass is 16.6. The van der Waals surface area contributed by atoms with E-state index in [1.165, 1.54) is 5.57 Å². The molecule has 1 aliphatic rings. The van der Waals surface area contributed by atoms with Gasteiger partial charge < -0.3 is 4.74 Å². The Labute approximate surface area is 91.4 Å². The second-order valence-electron chi connectivity index (χ2n) is 4.85. The normalized spacial score (nSPS) is 21.2. The molecule has 0 bridgehead atoms. The highest BCUT2D eigenvalue weighted by Gasteiger charge is 2.29. The summed E-state index contributed by atoms with van der Waals surface area (Å²) in [6.45, 7) is 11.9. The van der Waals surface area contributed by atoms with E-state index in [4.69, 9.17) is 4.74 Å². The maximum atomic E-state index is 11.8. The van der Waals surface area contributed by atoms with Gasteiger partial charge in [-0.3, -0.25) is 4.90 Å². The van der Waals surface area contributed by atoms with E-state index in [0.717, 1.165) is 0 Å². The third kappa shape index (κ3) is 3.11. The van der Waals surface area contributed by atoms with Crippen LogP contribution in [-0.2, 0) is 4.74 Å². The van der Waals surface area contributed by atoms with Crippen LogP contribution in [0.25, 0.3) is 0 Å². The summed E-state index contributed by atoms with van der Waals surface area (Å²) in [5.41, 5.74) is 0.727. The molecule has 0 saturated heterocycles. The van der Waals surface area contributed by atoms with Gasteiger partial charge in [-0.05, 0) is 27.7 Å². The molecule has 0 aromatic carbocycles. The third-order valence-corrected chi connectivity index (χ3v) is 2.10. The van der Waals surface area contributed by atoms with Gasteiger partial charge in [-0.2, -0.15) is 0 Å². The quantitative estimate of drug-likeness (QED) is 0.621. The smallest absolute Gasteiger partial charge is 0.411 e. The predicted octanol–water partition coefficient (Wildman–Crippen LogP) is 2.74. The molecule has 15 heavy (non-hydrogen) atoms. The first-order valence-corrected chi connectivity index (χ1v) is 5.13. The molecule has 1 heterocycles. The molecule has 0 spiro atoms. The number of hydrogen-bond acceptors (Lipinski definition) is 2. The molecule has 0 aliphatic carbocycles. The van der Waals surface area contributed by atoms with Crippen molar-refractivity contribution in [1.29, 1.82) is 0 Å². The van der Waals surface area contributed by atoms with Crippen molar-refractivity contribution in [3.8, 4) is 0 Å². The average molecular weight is 209 g/mol. The maximum absolute atomic E-state index is 11.8. The van der Waals surface area contributed by atoms with Crippen LogP contribution in [0.15, 0.2) is 24.3 Å². The molecule has 1 rings (SSSR count). The maximum Gasteiger partial charge on any atom is 0.411 e. The Morgan fingerprint density at radius 3 is 2.73 bits per heavy atom. The zero-order chi connectivity index (χ0) is 11.6. The molecule has 1 atom stereocenters. The second-order valence-corrected chi connectivity index (χ2v) is 4.85. The second kappa shape index (κ2) is 4.09. The summed E-state index contributed by atoms with van der Waals surface area (Å²) in [4.78, 5) is 13.5. The zero-order valence-corrected chi connectivity index (χ0v) is 9.91. The molecule has 84 valence electrons. The van der Waals surface area contributed by atoms with E-state index >= 15 is 0 Å². The van der Waals surface area contributed by atoms with Crippen molar-refractivity contribution < 1.29 is 9.53 Å². The number of ether oxygens (including phenoxy) is 1. The largest absolute Gasteiger partial charge is 0.444 e. The molecule has 0 aromatic heterocycles. The standard InChI is InChI=1S/C12H19NO2/c1-6-10-7-9(2)8-13(10)11(14)15-12(3,4)5/h6-7,10H,1,8H2,2-5H3. The van der Waals surface area contributed by atoms with E-state index in [1.807, 2.05) is 33.8 Å². The Morgan fingerprint density at radius 1 is 1.67 bits per heavy atom. The van der Waals surface area contributed by atoms with Crippen molar-refractivity contribution in [2.75, 3.05) is 6.54 Å². The SMILES string of the molecule is C=CC1C=C(C)CN1C(=O)OC(C)(C)C. The number of carbonyl (C=O) groups excluding carboxylic acids is 1. The number of rotatable bonds is 1. The van der Waals surface area contributed by atoms with E-state index in [-0.39, 0.29) is 12.1 Å². The van der Waals surface area contributed by atoms with Gasteiger partial charge >= 0.3 is 6.09 Å². The molecule has 0 saturated carbocycles. The Kier molecular flexibility index (Phi) is 3.22. The van der Waals surface area contributed by atoms with Gasteiger partial charge in [-0.1, -0.05) is 17.7 Å². The molecule has 1 amide bonds. The van der Waals surface area contributed by atoms with Crippen molar-refractivity contribution in [2.24, 2.45) is 0 Å². The van der Waals surface area contributed by atoms with Crippen LogP contribution in [0.2, 0.25) is 0 Å². The summed E-state index contributed by atoms with van der Waals surface area (Å²) in [7, 11) is 0. The van der Waals surface area contributed by atoms with Crippen molar-refractivity contribution >= 4 is 6.09 Å². The first-order valence-electron chi connectivity index (χ1n) is 5.13. The summed E-state index contributed by atoms with van der Waals surface area (Å²) < 4.78 is 5.31. The molecule has 1 aliphatic heterocycles. The van der Waals surface area contributed by atoms with E-state index in [0.29, 0.717) is 6.54 Å². The van der Waals surface area contributed by atoms with Crippen LogP contribution in [0.3, 0.4) is 0 Å². The van der Waals surface area contributed by atoms with Gasteiger partial charge in [-0.15, -0.1) is 6.58 Å². The number of nitrogens with zero attached hydrogens (tertiary/aromatic N) is 1. The first kappa shape index (κ1) is 11.8. The Bertz CT molecular complexity index is 299. The predicted molar refractivity (Wildman–Crippen MR) is 60.7 cm³/mol. The van der Waals surface area contributed by atoms with Gasteiger partial charge in [0, 0.05) is 6.54 Å². The van der Waals surface area contributed by atoms with Crippen LogP contribution in [0.4, 0.5) is 4.79 Å². The topological polar surface area (TPSA) is 29.5 Å². The fraction of sp³-hybridized carbons (Fsp3) is 0.583. The van der Waals surface area contributed by atoms with Crippen molar-refractivity contribution in [2.45, 2.75) is 39.3 Å². The summed E-state index contributed by atoms with van der Waals surface area (Å²) in [5, 5.41) is 0. The molecule has 0 radical (unpaired) electrons. The molecule has 0 aromatic rings. The molecule has 0 fully saturated rings. The van der Waals surface area contributed by atoms with E-state index in [9.17, 15) is 4.79 Å². The average Bonchev–Trinajstić information content (AvgIpc) is 2.43. The fourth-order valence-electron chi connectivity index (χ4n) is 1.51. The highest BCUT2D eigenvalue weighted by Crippen LogP contribution is 2.20. The van der Waals surface area contributed by atoms with E-state index in [2.05, 4.69) is 6.58 Å². The Balaban J connectivity index is 2.66. The minimum Gasteiger partial charge on any atom is -0.444 e. The summed E-state index contributed by atoms with van der Waals surface area (Å²) in [5.74, 6) is 0. The van der Waals surface area contributed by atoms with Crippen LogP contribution in [-0.4, -0.2) is 29.2 Å². The lowest BCUT2D eigenvalue weighted by Gasteiger charge is -2.27. The van der Waals surface area contributed by atoms with Crippen LogP contribution >= 0.6 is 0 Å². The van der Waals surface area contributed by atoms with Gasteiger partial charge in [0.25, 0.3) is 0 Å². The summed E-state index contributed by atoms with van der Waals surface area (Å²) >= 11 is 0. The van der Waals surface area contributed by atoms with Gasteiger partial charge in [0.2, 0.25) is 0 Å². The monoisotopic (exact) mass is 209 g/mol. The minimum absolute atomic E-state index is 0.0279. The molecule has 3 heteroatoms. The van der Waals surface area contributed by atoms with E-state index < -0.39 is 5.60 Å². The van der Waals surface area contributed by atoms with Gasteiger partial charge in [0.15, 0.2) is 0 Å². The zero-order valence-electron chi connectivity index (χ0n) is 9.91. The molecule has 3 nitrogen and oxygen atoms in total. The van der Waals surface area contributed by atoms with Crippen molar-refractivity contribution in [3.05, 3.63) is 24.3 Å². The Morgan fingerprint density at radius 2 is 2.27 bits per heavy atom. The number of carbonyl (C=O) groups is 1. The van der Waals surface area contributed by atoms with Gasteiger partial charge in [-0.25, -0.2) is 4.79 Å².